The van der Waals surface area contributed by atoms with E-state index in [0.29, 0.717) is 17.7 Å². The maximum absolute atomic E-state index is 14.0. The molecule has 0 unspecified atom stereocenters. The number of hydrogen-bond acceptors (Lipinski definition) is 4. The Kier molecular flexibility index (Phi) is 5.89. The first kappa shape index (κ1) is 23.2. The van der Waals surface area contributed by atoms with Crippen LogP contribution in [-0.2, 0) is 21.3 Å². The Morgan fingerprint density at radius 3 is 2.28 bits per heavy atom. The van der Waals surface area contributed by atoms with Crippen LogP contribution in [0, 0.1) is 12.7 Å². The highest BCUT2D eigenvalue weighted by Gasteiger charge is 2.45. The highest BCUT2D eigenvalue weighted by molar-refractivity contribution is 7.92. The van der Waals surface area contributed by atoms with Crippen molar-refractivity contribution in [2.45, 2.75) is 82.3 Å². The number of aryl methyl sites for hydroxylation is 1. The molecular formula is C25H33FN2O3S. The molecule has 0 saturated carbocycles. The molecular weight excluding hydrogens is 427 g/mol. The number of hydrogen-bond donors (Lipinski definition) is 0. The van der Waals surface area contributed by atoms with Crippen molar-refractivity contribution in [3.05, 3.63) is 59.4 Å². The Bertz CT molecular complexity index is 1080. The Morgan fingerprint density at radius 2 is 1.66 bits per heavy atom. The van der Waals surface area contributed by atoms with Crippen LogP contribution in [0.2, 0.25) is 0 Å². The van der Waals surface area contributed by atoms with Gasteiger partial charge in [-0.05, 0) is 96.2 Å². The SMILES string of the molecule is Cc1ccc(S(=O)(=O)N2c3ccc(F)cc3C[C@H]2CON2C(C)(C)CCCC2(C)C)cc1. The van der Waals surface area contributed by atoms with Crippen LogP contribution in [0.15, 0.2) is 47.4 Å². The number of piperidine rings is 1. The van der Waals surface area contributed by atoms with Gasteiger partial charge in [0.15, 0.2) is 0 Å². The van der Waals surface area contributed by atoms with Gasteiger partial charge >= 0.3 is 0 Å². The average Bonchev–Trinajstić information content (AvgIpc) is 3.05. The molecule has 1 saturated heterocycles. The molecule has 7 heteroatoms. The maximum atomic E-state index is 14.0. The number of fused-ring (bicyclic) bond motifs is 1. The minimum absolute atomic E-state index is 0.153. The molecule has 32 heavy (non-hydrogen) atoms. The number of nitrogens with zero attached hydrogens (tertiary/aromatic N) is 2. The van der Waals surface area contributed by atoms with Gasteiger partial charge in [-0.3, -0.25) is 9.14 Å². The van der Waals surface area contributed by atoms with Gasteiger partial charge in [-0.2, -0.15) is 5.06 Å². The van der Waals surface area contributed by atoms with Crippen molar-refractivity contribution in [1.82, 2.24) is 5.06 Å². The van der Waals surface area contributed by atoms with Crippen LogP contribution in [0.3, 0.4) is 0 Å². The summed E-state index contributed by atoms with van der Waals surface area (Å²) in [6.45, 7) is 10.8. The summed E-state index contributed by atoms with van der Waals surface area (Å²) in [5.41, 5.74) is 1.89. The fourth-order valence-corrected chi connectivity index (χ4v) is 6.90. The number of halogens is 1. The summed E-state index contributed by atoms with van der Waals surface area (Å²) < 4.78 is 42.7. The van der Waals surface area contributed by atoms with E-state index in [9.17, 15) is 12.8 Å². The summed E-state index contributed by atoms with van der Waals surface area (Å²) in [5, 5.41) is 2.05. The third-order valence-electron chi connectivity index (χ3n) is 6.72. The minimum atomic E-state index is -3.83. The fourth-order valence-electron chi connectivity index (χ4n) is 5.23. The molecule has 0 radical (unpaired) electrons. The predicted octanol–water partition coefficient (Wildman–Crippen LogP) is 5.23. The average molecular weight is 461 g/mol. The van der Waals surface area contributed by atoms with E-state index in [-0.39, 0.29) is 28.4 Å². The van der Waals surface area contributed by atoms with Crippen molar-refractivity contribution in [3.8, 4) is 0 Å². The molecule has 0 aliphatic carbocycles. The van der Waals surface area contributed by atoms with Crippen LogP contribution in [0.25, 0.3) is 0 Å². The first-order valence-electron chi connectivity index (χ1n) is 11.2. The van der Waals surface area contributed by atoms with Crippen molar-refractivity contribution in [2.75, 3.05) is 10.9 Å². The smallest absolute Gasteiger partial charge is 0.264 e. The van der Waals surface area contributed by atoms with E-state index in [1.165, 1.54) is 16.4 Å². The largest absolute Gasteiger partial charge is 0.296 e. The van der Waals surface area contributed by atoms with E-state index in [1.807, 2.05) is 12.0 Å². The molecule has 2 aliphatic heterocycles. The van der Waals surface area contributed by atoms with Crippen LogP contribution in [-0.4, -0.2) is 37.2 Å². The Labute approximate surface area is 191 Å². The van der Waals surface area contributed by atoms with Gasteiger partial charge in [0.05, 0.1) is 23.2 Å². The maximum Gasteiger partial charge on any atom is 0.264 e. The van der Waals surface area contributed by atoms with Crippen molar-refractivity contribution in [3.63, 3.8) is 0 Å². The lowest BCUT2D eigenvalue weighted by molar-refractivity contribution is -0.282. The standard InChI is InChI=1S/C25H33FN2O3S/c1-18-7-10-22(11-8-18)32(29,30)27-21(16-19-15-20(26)9-12-23(19)27)17-31-28-24(2,3)13-6-14-25(28,4)5/h7-12,15,21H,6,13-14,16-17H2,1-5H3/t21-/m0/s1. The molecule has 5 nitrogen and oxygen atoms in total. The van der Waals surface area contributed by atoms with Gasteiger partial charge in [-0.1, -0.05) is 17.7 Å². The van der Waals surface area contributed by atoms with Crippen LogP contribution < -0.4 is 4.31 Å². The third-order valence-corrected chi connectivity index (χ3v) is 8.60. The Hall–Kier alpha value is -1.96. The second-order valence-electron chi connectivity index (χ2n) is 10.3. The molecule has 0 N–H and O–H groups in total. The number of sulfonamides is 1. The van der Waals surface area contributed by atoms with Crippen LogP contribution in [0.1, 0.15) is 58.1 Å². The molecule has 2 aromatic carbocycles. The summed E-state index contributed by atoms with van der Waals surface area (Å²) in [6, 6.07) is 10.7. The second-order valence-corrected chi connectivity index (χ2v) is 12.1. The normalized spacial score (nSPS) is 22.7. The topological polar surface area (TPSA) is 49.9 Å². The Balaban J connectivity index is 1.67. The van der Waals surface area contributed by atoms with Gasteiger partial charge in [0.1, 0.15) is 5.82 Å². The fraction of sp³-hybridized carbons (Fsp3) is 0.520. The Morgan fingerprint density at radius 1 is 1.03 bits per heavy atom. The monoisotopic (exact) mass is 460 g/mol. The molecule has 4 rings (SSSR count). The molecule has 1 fully saturated rings. The highest BCUT2D eigenvalue weighted by Crippen LogP contribution is 2.41. The van der Waals surface area contributed by atoms with E-state index in [2.05, 4.69) is 27.7 Å². The predicted molar refractivity (Wildman–Crippen MR) is 125 cm³/mol. The lowest BCUT2D eigenvalue weighted by Crippen LogP contribution is -2.59. The van der Waals surface area contributed by atoms with E-state index < -0.39 is 16.1 Å². The quantitative estimate of drug-likeness (QED) is 0.613. The van der Waals surface area contributed by atoms with Gasteiger partial charge in [0, 0.05) is 11.1 Å². The van der Waals surface area contributed by atoms with Crippen molar-refractivity contribution < 1.29 is 17.6 Å². The summed E-state index contributed by atoms with van der Waals surface area (Å²) in [7, 11) is -3.83. The summed E-state index contributed by atoms with van der Waals surface area (Å²) in [4.78, 5) is 6.60. The summed E-state index contributed by atoms with van der Waals surface area (Å²) in [5.74, 6) is -0.365. The first-order valence-corrected chi connectivity index (χ1v) is 12.7. The summed E-state index contributed by atoms with van der Waals surface area (Å²) >= 11 is 0. The van der Waals surface area contributed by atoms with Crippen molar-refractivity contribution >= 4 is 15.7 Å². The lowest BCUT2D eigenvalue weighted by Gasteiger charge is -2.51. The molecule has 0 bridgehead atoms. The zero-order valence-electron chi connectivity index (χ0n) is 19.6. The molecule has 1 atom stereocenters. The van der Waals surface area contributed by atoms with Gasteiger partial charge in [-0.25, -0.2) is 12.8 Å². The highest BCUT2D eigenvalue weighted by atomic mass is 32.2. The second kappa shape index (κ2) is 8.12. The molecule has 2 aromatic rings. The zero-order valence-corrected chi connectivity index (χ0v) is 20.4. The number of rotatable bonds is 5. The van der Waals surface area contributed by atoms with Gasteiger partial charge in [-0.15, -0.1) is 0 Å². The lowest BCUT2D eigenvalue weighted by atomic mass is 9.82. The van der Waals surface area contributed by atoms with Gasteiger partial charge in [0.2, 0.25) is 0 Å². The van der Waals surface area contributed by atoms with Crippen LogP contribution in [0.5, 0.6) is 0 Å². The van der Waals surface area contributed by atoms with Gasteiger partial charge < -0.3 is 0 Å². The van der Waals surface area contributed by atoms with E-state index >= 15 is 0 Å². The van der Waals surface area contributed by atoms with Crippen LogP contribution in [0.4, 0.5) is 10.1 Å². The molecule has 2 aliphatic rings. The molecule has 2 heterocycles. The molecule has 0 spiro atoms. The summed E-state index contributed by atoms with van der Waals surface area (Å²) in [6.07, 6.45) is 3.56. The first-order chi connectivity index (χ1) is 14.9. The number of anilines is 1. The van der Waals surface area contributed by atoms with E-state index in [4.69, 9.17) is 4.84 Å². The third kappa shape index (κ3) is 4.18. The molecule has 0 amide bonds. The zero-order chi connectivity index (χ0) is 23.3. The van der Waals surface area contributed by atoms with Crippen molar-refractivity contribution in [2.24, 2.45) is 0 Å². The van der Waals surface area contributed by atoms with Crippen LogP contribution >= 0.6 is 0 Å². The number of hydroxylamine groups is 2. The van der Waals surface area contributed by atoms with E-state index in [1.54, 1.807) is 30.3 Å². The minimum Gasteiger partial charge on any atom is -0.296 e. The van der Waals surface area contributed by atoms with Crippen molar-refractivity contribution in [1.29, 1.82) is 0 Å². The molecule has 0 aromatic heterocycles. The van der Waals surface area contributed by atoms with E-state index in [0.717, 1.165) is 24.8 Å². The molecule has 174 valence electrons. The van der Waals surface area contributed by atoms with Gasteiger partial charge in [0.25, 0.3) is 10.0 Å². The number of benzene rings is 2.